The lowest BCUT2D eigenvalue weighted by Gasteiger charge is -2.35. The van der Waals surface area contributed by atoms with Crippen LogP contribution in [0.1, 0.15) is 25.7 Å². The van der Waals surface area contributed by atoms with Crippen molar-refractivity contribution in [3.8, 4) is 0 Å². The van der Waals surface area contributed by atoms with Crippen LogP contribution in [0.25, 0.3) is 0 Å². The molecular formula is C11H15N5O3. The van der Waals surface area contributed by atoms with E-state index in [9.17, 15) is 14.7 Å². The van der Waals surface area contributed by atoms with Crippen molar-refractivity contribution in [2.24, 2.45) is 15.7 Å². The summed E-state index contributed by atoms with van der Waals surface area (Å²) in [4.78, 5) is 34.6. The Morgan fingerprint density at radius 3 is 2.68 bits per heavy atom. The van der Waals surface area contributed by atoms with E-state index < -0.39 is 11.6 Å². The molecule has 0 aliphatic carbocycles. The van der Waals surface area contributed by atoms with Crippen LogP contribution in [-0.4, -0.2) is 57.5 Å². The van der Waals surface area contributed by atoms with E-state index in [0.29, 0.717) is 5.96 Å². The van der Waals surface area contributed by atoms with Crippen LogP contribution >= 0.6 is 0 Å². The lowest BCUT2D eigenvalue weighted by Crippen LogP contribution is -2.59. The fraction of sp³-hybridized carbons (Fsp3) is 0.636. The minimum atomic E-state index is -1.60. The molecule has 8 nitrogen and oxygen atoms in total. The van der Waals surface area contributed by atoms with E-state index in [4.69, 9.17) is 5.73 Å². The van der Waals surface area contributed by atoms with Crippen LogP contribution in [0.15, 0.2) is 9.98 Å². The van der Waals surface area contributed by atoms with E-state index in [2.05, 4.69) is 9.98 Å². The molecule has 3 heterocycles. The van der Waals surface area contributed by atoms with Crippen LogP contribution < -0.4 is 5.73 Å². The van der Waals surface area contributed by atoms with Crippen molar-refractivity contribution in [1.82, 2.24) is 9.80 Å². The minimum absolute atomic E-state index is 0.0678. The predicted molar refractivity (Wildman–Crippen MR) is 66.3 cm³/mol. The van der Waals surface area contributed by atoms with E-state index in [1.54, 1.807) is 0 Å². The highest BCUT2D eigenvalue weighted by Crippen LogP contribution is 2.34. The smallest absolute Gasteiger partial charge is 0.353 e. The van der Waals surface area contributed by atoms with Crippen LogP contribution in [-0.2, 0) is 9.59 Å². The van der Waals surface area contributed by atoms with Gasteiger partial charge in [-0.1, -0.05) is 0 Å². The van der Waals surface area contributed by atoms with Crippen LogP contribution in [0, 0.1) is 0 Å². The Balaban J connectivity index is 2.05. The molecule has 0 aromatic heterocycles. The zero-order valence-electron chi connectivity index (χ0n) is 10.4. The summed E-state index contributed by atoms with van der Waals surface area (Å²) in [6, 6.07) is 0. The number of carbonyl (C=O) groups excluding carboxylic acids is 1. The standard InChI is InChI=1S/C11H15N5O3/c12-9-13-10(15-5-1-2-6-15)14-11(8(18)19)4-3-7(17)16(9)11/h1-6H2,(H,18,19)(H2,12,13,14). The fourth-order valence-corrected chi connectivity index (χ4v) is 2.79. The Morgan fingerprint density at radius 2 is 2.05 bits per heavy atom. The number of likely N-dealkylation sites (tertiary alicyclic amines) is 1. The van der Waals surface area contributed by atoms with Crippen LogP contribution in [0.4, 0.5) is 0 Å². The SMILES string of the molecule is NC1=NC(N2CCCC2)=NC2(C(=O)O)CCC(=O)N12. The second-order valence-electron chi connectivity index (χ2n) is 4.93. The molecule has 102 valence electrons. The number of carboxylic acids is 1. The lowest BCUT2D eigenvalue weighted by atomic mass is 10.1. The van der Waals surface area contributed by atoms with Crippen molar-refractivity contribution in [2.45, 2.75) is 31.3 Å². The topological polar surface area (TPSA) is 112 Å². The van der Waals surface area contributed by atoms with Crippen molar-refractivity contribution in [3.05, 3.63) is 0 Å². The molecule has 0 saturated carbocycles. The van der Waals surface area contributed by atoms with Gasteiger partial charge in [0.2, 0.25) is 23.5 Å². The number of carboxylic acid groups (broad SMARTS) is 1. The molecule has 0 bridgehead atoms. The highest BCUT2D eigenvalue weighted by Gasteiger charge is 2.56. The predicted octanol–water partition coefficient (Wildman–Crippen LogP) is -0.830. The average Bonchev–Trinajstić information content (AvgIpc) is 2.97. The van der Waals surface area contributed by atoms with Gasteiger partial charge in [-0.25, -0.2) is 14.7 Å². The first-order valence-electron chi connectivity index (χ1n) is 6.30. The monoisotopic (exact) mass is 265 g/mol. The van der Waals surface area contributed by atoms with E-state index >= 15 is 0 Å². The number of aliphatic imine (C=N–C) groups is 2. The number of nitrogens with zero attached hydrogens (tertiary/aromatic N) is 4. The Morgan fingerprint density at radius 1 is 1.37 bits per heavy atom. The molecule has 0 radical (unpaired) electrons. The van der Waals surface area contributed by atoms with E-state index in [1.807, 2.05) is 4.90 Å². The summed E-state index contributed by atoms with van der Waals surface area (Å²) in [5, 5.41) is 9.47. The highest BCUT2D eigenvalue weighted by atomic mass is 16.4. The quantitative estimate of drug-likeness (QED) is 0.642. The molecule has 1 atom stereocenters. The van der Waals surface area contributed by atoms with Gasteiger partial charge in [-0.15, -0.1) is 0 Å². The molecule has 1 amide bonds. The van der Waals surface area contributed by atoms with E-state index in [0.717, 1.165) is 30.8 Å². The second kappa shape index (κ2) is 3.94. The molecule has 3 N–H and O–H groups in total. The molecule has 3 aliphatic heterocycles. The maximum absolute atomic E-state index is 11.8. The Labute approximate surface area is 109 Å². The molecule has 2 fully saturated rings. The van der Waals surface area contributed by atoms with Crippen molar-refractivity contribution in [1.29, 1.82) is 0 Å². The van der Waals surface area contributed by atoms with Crippen molar-refractivity contribution < 1.29 is 14.7 Å². The fourth-order valence-electron chi connectivity index (χ4n) is 2.79. The van der Waals surface area contributed by atoms with Gasteiger partial charge in [-0.05, 0) is 12.8 Å². The van der Waals surface area contributed by atoms with Gasteiger partial charge in [0.05, 0.1) is 0 Å². The molecule has 3 rings (SSSR count). The third kappa shape index (κ3) is 1.59. The van der Waals surface area contributed by atoms with Gasteiger partial charge in [-0.3, -0.25) is 4.79 Å². The molecule has 0 aromatic rings. The summed E-state index contributed by atoms with van der Waals surface area (Å²) in [6.45, 7) is 1.58. The molecule has 2 saturated heterocycles. The zero-order chi connectivity index (χ0) is 13.6. The van der Waals surface area contributed by atoms with Crippen molar-refractivity contribution in [2.75, 3.05) is 13.1 Å². The van der Waals surface area contributed by atoms with Crippen LogP contribution in [0.5, 0.6) is 0 Å². The number of nitrogens with two attached hydrogens (primary N) is 1. The number of fused-ring (bicyclic) bond motifs is 1. The van der Waals surface area contributed by atoms with Gasteiger partial charge in [0, 0.05) is 25.9 Å². The van der Waals surface area contributed by atoms with Gasteiger partial charge in [0.1, 0.15) is 0 Å². The summed E-state index contributed by atoms with van der Waals surface area (Å²) >= 11 is 0. The lowest BCUT2D eigenvalue weighted by molar-refractivity contribution is -0.150. The number of rotatable bonds is 1. The minimum Gasteiger partial charge on any atom is -0.478 e. The maximum Gasteiger partial charge on any atom is 0.353 e. The third-order valence-corrected chi connectivity index (χ3v) is 3.77. The number of hydrogen-bond acceptors (Lipinski definition) is 6. The van der Waals surface area contributed by atoms with Gasteiger partial charge < -0.3 is 15.7 Å². The first-order valence-corrected chi connectivity index (χ1v) is 6.30. The molecule has 1 unspecified atom stereocenters. The Hall–Kier alpha value is -2.12. The van der Waals surface area contributed by atoms with Crippen molar-refractivity contribution in [3.63, 3.8) is 0 Å². The first-order chi connectivity index (χ1) is 9.04. The number of hydrogen-bond donors (Lipinski definition) is 2. The van der Waals surface area contributed by atoms with Gasteiger partial charge >= 0.3 is 5.97 Å². The molecule has 8 heteroatoms. The number of carbonyl (C=O) groups is 2. The summed E-state index contributed by atoms with van der Waals surface area (Å²) in [6.07, 6.45) is 2.31. The van der Waals surface area contributed by atoms with Crippen LogP contribution in [0.2, 0.25) is 0 Å². The van der Waals surface area contributed by atoms with E-state index in [-0.39, 0.29) is 24.7 Å². The van der Waals surface area contributed by atoms with Crippen LogP contribution in [0.3, 0.4) is 0 Å². The molecule has 0 spiro atoms. The average molecular weight is 265 g/mol. The van der Waals surface area contributed by atoms with E-state index in [1.165, 1.54) is 0 Å². The number of amides is 1. The largest absolute Gasteiger partial charge is 0.478 e. The van der Waals surface area contributed by atoms with Gasteiger partial charge in [0.15, 0.2) is 0 Å². The normalized spacial score (nSPS) is 30.2. The second-order valence-corrected chi connectivity index (χ2v) is 4.93. The molecule has 0 aromatic carbocycles. The summed E-state index contributed by atoms with van der Waals surface area (Å²) < 4.78 is 0. The summed E-state index contributed by atoms with van der Waals surface area (Å²) in [5.74, 6) is -1.23. The molecule has 3 aliphatic rings. The zero-order valence-corrected chi connectivity index (χ0v) is 10.4. The number of guanidine groups is 2. The highest BCUT2D eigenvalue weighted by molar-refractivity contribution is 6.10. The summed E-state index contributed by atoms with van der Waals surface area (Å²) in [7, 11) is 0. The van der Waals surface area contributed by atoms with Gasteiger partial charge in [0.25, 0.3) is 0 Å². The van der Waals surface area contributed by atoms with Gasteiger partial charge in [-0.2, -0.15) is 4.99 Å². The Bertz CT molecular complexity index is 508. The maximum atomic E-state index is 11.8. The molecule has 19 heavy (non-hydrogen) atoms. The Kier molecular flexibility index (Phi) is 2.48. The summed E-state index contributed by atoms with van der Waals surface area (Å²) in [5.41, 5.74) is 4.18. The third-order valence-electron chi connectivity index (χ3n) is 3.77. The van der Waals surface area contributed by atoms with Crippen molar-refractivity contribution >= 4 is 23.8 Å². The molecular weight excluding hydrogens is 250 g/mol. The number of aliphatic carboxylic acids is 1. The first kappa shape index (κ1) is 11.9.